The lowest BCUT2D eigenvalue weighted by molar-refractivity contribution is 0.181. The van der Waals surface area contributed by atoms with Gasteiger partial charge in [0.25, 0.3) is 0 Å². The third-order valence-electron chi connectivity index (χ3n) is 6.24. The number of ether oxygens (including phenoxy) is 2. The van der Waals surface area contributed by atoms with Crippen LogP contribution in [0.3, 0.4) is 0 Å². The highest BCUT2D eigenvalue weighted by Crippen LogP contribution is 2.52. The summed E-state index contributed by atoms with van der Waals surface area (Å²) in [5, 5.41) is 2.87. The Balaban J connectivity index is 1.83. The Hall–Kier alpha value is -2.53. The Bertz CT molecular complexity index is 925. The van der Waals surface area contributed by atoms with Crippen LogP contribution in [0.25, 0.3) is 11.1 Å². The van der Waals surface area contributed by atoms with Crippen LogP contribution in [0.2, 0.25) is 0 Å². The number of hydrogen-bond acceptors (Lipinski definition) is 4. The first-order valence-electron chi connectivity index (χ1n) is 11.2. The molecule has 1 atom stereocenters. The van der Waals surface area contributed by atoms with E-state index in [-0.39, 0.29) is 0 Å². The number of unbranched alkanes of at least 4 members (excludes halogenated alkanes) is 1. The molecule has 1 aliphatic heterocycles. The number of fused-ring (bicyclic) bond motifs is 2. The van der Waals surface area contributed by atoms with E-state index in [0.29, 0.717) is 24.1 Å². The van der Waals surface area contributed by atoms with Crippen LogP contribution in [0.4, 0.5) is 4.79 Å². The lowest BCUT2D eigenvalue weighted by Gasteiger charge is -2.42. The van der Waals surface area contributed by atoms with E-state index in [9.17, 15) is 4.79 Å². The summed E-state index contributed by atoms with van der Waals surface area (Å²) in [6.45, 7) is 7.07. The fraction of sp³-hybridized carbons (Fsp3) is 0.480. The number of carbonyl (C=O) groups is 1. The van der Waals surface area contributed by atoms with Crippen LogP contribution in [-0.4, -0.2) is 37.7 Å². The zero-order chi connectivity index (χ0) is 21.1. The minimum Gasteiger partial charge on any atom is -0.493 e. The third kappa shape index (κ3) is 3.79. The molecule has 4 rings (SSSR count). The van der Waals surface area contributed by atoms with E-state index in [1.165, 1.54) is 16.7 Å². The smallest absolute Gasteiger partial charge is 0.412 e. The van der Waals surface area contributed by atoms with E-state index in [0.717, 1.165) is 56.3 Å². The number of nitrogens with one attached hydrogen (secondary N) is 1. The second kappa shape index (κ2) is 9.09. The molecule has 30 heavy (non-hydrogen) atoms. The molecular formula is C25H32N2O3. The van der Waals surface area contributed by atoms with Gasteiger partial charge >= 0.3 is 6.09 Å². The maximum absolute atomic E-state index is 12.6. The van der Waals surface area contributed by atoms with Crippen molar-refractivity contribution in [3.8, 4) is 22.6 Å². The molecular weight excluding hydrogens is 376 g/mol. The Morgan fingerprint density at radius 1 is 1.20 bits per heavy atom. The van der Waals surface area contributed by atoms with E-state index < -0.39 is 6.09 Å². The number of carbonyl (C=O) groups excluding carboxylic acids is 1. The van der Waals surface area contributed by atoms with Gasteiger partial charge in [0.05, 0.1) is 7.11 Å². The summed E-state index contributed by atoms with van der Waals surface area (Å²) < 4.78 is 11.6. The van der Waals surface area contributed by atoms with Crippen LogP contribution < -0.4 is 14.8 Å². The van der Waals surface area contributed by atoms with Crippen LogP contribution in [-0.2, 0) is 12.8 Å². The van der Waals surface area contributed by atoms with Crippen molar-refractivity contribution in [2.24, 2.45) is 0 Å². The van der Waals surface area contributed by atoms with Crippen LogP contribution >= 0.6 is 0 Å². The van der Waals surface area contributed by atoms with Crippen molar-refractivity contribution in [1.82, 2.24) is 10.2 Å². The van der Waals surface area contributed by atoms with Gasteiger partial charge in [-0.25, -0.2) is 4.79 Å². The number of nitrogens with zero attached hydrogens (tertiary/aromatic N) is 1. The van der Waals surface area contributed by atoms with Crippen molar-refractivity contribution >= 4 is 6.09 Å². The van der Waals surface area contributed by atoms with Gasteiger partial charge in [-0.1, -0.05) is 44.5 Å². The van der Waals surface area contributed by atoms with Gasteiger partial charge in [0.2, 0.25) is 0 Å². The fourth-order valence-electron chi connectivity index (χ4n) is 4.85. The Labute approximate surface area is 179 Å². The summed E-state index contributed by atoms with van der Waals surface area (Å²) in [5.41, 5.74) is 6.10. The standard InChI is InChI=1S/C25H32N2O3/c1-4-6-12-26-25(28)30-24-21(29-3)16-18-11-14-27(13-5-2)20-15-17-9-7-8-10-19(17)23(24)22(18)20/h7-10,16,20H,4-6,11-15H2,1-3H3,(H,26,28)/t20-/m1/s1. The molecule has 1 N–H and O–H groups in total. The van der Waals surface area contributed by atoms with Gasteiger partial charge in [-0.3, -0.25) is 4.90 Å². The molecule has 1 aliphatic carbocycles. The molecule has 0 bridgehead atoms. The SMILES string of the molecule is CCCCNC(=O)Oc1c(OC)cc2c3c1-c1ccccc1C[C@H]3N(CCC)CC2. The zero-order valence-corrected chi connectivity index (χ0v) is 18.3. The predicted molar refractivity (Wildman–Crippen MR) is 119 cm³/mol. The molecule has 1 heterocycles. The van der Waals surface area contributed by atoms with Crippen LogP contribution in [0, 0.1) is 0 Å². The normalized spacial score (nSPS) is 17.1. The molecule has 0 unspecified atom stereocenters. The largest absolute Gasteiger partial charge is 0.493 e. The van der Waals surface area contributed by atoms with Crippen molar-refractivity contribution in [2.45, 2.75) is 52.0 Å². The Morgan fingerprint density at radius 2 is 2.03 bits per heavy atom. The van der Waals surface area contributed by atoms with Crippen LogP contribution in [0.1, 0.15) is 55.8 Å². The Kier molecular flexibility index (Phi) is 6.28. The molecule has 0 spiro atoms. The van der Waals surface area contributed by atoms with Gasteiger partial charge in [-0.15, -0.1) is 0 Å². The van der Waals surface area contributed by atoms with Crippen molar-refractivity contribution < 1.29 is 14.3 Å². The summed E-state index contributed by atoms with van der Waals surface area (Å²) in [4.78, 5) is 15.2. The highest BCUT2D eigenvalue weighted by Gasteiger charge is 2.37. The monoisotopic (exact) mass is 408 g/mol. The van der Waals surface area contributed by atoms with Crippen molar-refractivity contribution in [3.05, 3.63) is 47.0 Å². The molecule has 160 valence electrons. The lowest BCUT2D eigenvalue weighted by Crippen LogP contribution is -2.39. The second-order valence-corrected chi connectivity index (χ2v) is 8.19. The third-order valence-corrected chi connectivity index (χ3v) is 6.24. The van der Waals surface area contributed by atoms with E-state index in [4.69, 9.17) is 9.47 Å². The molecule has 5 heteroatoms. The highest BCUT2D eigenvalue weighted by molar-refractivity contribution is 5.86. The maximum Gasteiger partial charge on any atom is 0.412 e. The average Bonchev–Trinajstić information content (AvgIpc) is 2.76. The fourth-order valence-corrected chi connectivity index (χ4v) is 4.85. The lowest BCUT2D eigenvalue weighted by atomic mass is 9.76. The number of hydrogen-bond donors (Lipinski definition) is 1. The molecule has 0 saturated carbocycles. The molecule has 2 aromatic carbocycles. The van der Waals surface area contributed by atoms with Gasteiger partial charge in [0.15, 0.2) is 11.5 Å². The number of methoxy groups -OCH3 is 1. The Morgan fingerprint density at radius 3 is 2.80 bits per heavy atom. The summed E-state index contributed by atoms with van der Waals surface area (Å²) in [7, 11) is 1.65. The van der Waals surface area contributed by atoms with Crippen molar-refractivity contribution in [1.29, 1.82) is 0 Å². The molecule has 5 nitrogen and oxygen atoms in total. The van der Waals surface area contributed by atoms with E-state index in [2.05, 4.69) is 54.4 Å². The van der Waals surface area contributed by atoms with Gasteiger partial charge < -0.3 is 14.8 Å². The quantitative estimate of drug-likeness (QED) is 0.647. The van der Waals surface area contributed by atoms with E-state index in [1.807, 2.05) is 0 Å². The van der Waals surface area contributed by atoms with Gasteiger partial charge in [0, 0.05) is 24.7 Å². The van der Waals surface area contributed by atoms with E-state index >= 15 is 0 Å². The maximum atomic E-state index is 12.6. The molecule has 0 fully saturated rings. The first kappa shape index (κ1) is 20.7. The highest BCUT2D eigenvalue weighted by atomic mass is 16.6. The zero-order valence-electron chi connectivity index (χ0n) is 18.3. The van der Waals surface area contributed by atoms with E-state index in [1.54, 1.807) is 7.11 Å². The molecule has 0 radical (unpaired) electrons. The summed E-state index contributed by atoms with van der Waals surface area (Å²) in [6, 6.07) is 10.9. The van der Waals surface area contributed by atoms with Crippen LogP contribution in [0.5, 0.6) is 11.5 Å². The minimum absolute atomic E-state index is 0.315. The molecule has 1 amide bonds. The van der Waals surface area contributed by atoms with Crippen molar-refractivity contribution in [2.75, 3.05) is 26.7 Å². The number of rotatable bonds is 7. The number of benzene rings is 2. The average molecular weight is 409 g/mol. The predicted octanol–water partition coefficient (Wildman–Crippen LogP) is 5.12. The first-order chi connectivity index (χ1) is 14.7. The van der Waals surface area contributed by atoms with Crippen molar-refractivity contribution in [3.63, 3.8) is 0 Å². The summed E-state index contributed by atoms with van der Waals surface area (Å²) in [5.74, 6) is 1.18. The molecule has 2 aliphatic rings. The topological polar surface area (TPSA) is 50.8 Å². The molecule has 0 aromatic heterocycles. The summed E-state index contributed by atoms with van der Waals surface area (Å²) in [6.07, 6.45) is 4.64. The van der Waals surface area contributed by atoms with Gasteiger partial charge in [-0.05, 0) is 60.5 Å². The summed E-state index contributed by atoms with van der Waals surface area (Å²) >= 11 is 0. The number of amides is 1. The minimum atomic E-state index is -0.418. The first-order valence-corrected chi connectivity index (χ1v) is 11.2. The van der Waals surface area contributed by atoms with Gasteiger partial charge in [-0.2, -0.15) is 0 Å². The second-order valence-electron chi connectivity index (χ2n) is 8.19. The molecule has 2 aromatic rings. The van der Waals surface area contributed by atoms with Crippen LogP contribution in [0.15, 0.2) is 30.3 Å². The van der Waals surface area contributed by atoms with Gasteiger partial charge in [0.1, 0.15) is 0 Å². The molecule has 0 saturated heterocycles.